The van der Waals surface area contributed by atoms with Crippen molar-refractivity contribution >= 4 is 0 Å². The smallest absolute Gasteiger partial charge is 0.00679 e. The van der Waals surface area contributed by atoms with Crippen molar-refractivity contribution in [3.05, 3.63) is 36.5 Å². The van der Waals surface area contributed by atoms with Crippen LogP contribution < -0.4 is 0 Å². The Kier molecular flexibility index (Phi) is 2.56. The van der Waals surface area contributed by atoms with E-state index in [2.05, 4.69) is 45.6 Å². The lowest BCUT2D eigenvalue weighted by atomic mass is 9.80. The van der Waals surface area contributed by atoms with Gasteiger partial charge in [-0.25, -0.2) is 0 Å². The van der Waals surface area contributed by atoms with Crippen LogP contribution in [0.25, 0.3) is 0 Å². The molecule has 1 unspecified atom stereocenters. The molecule has 0 heterocycles. The minimum atomic E-state index is 0.193. The number of hydrogen-bond donors (Lipinski definition) is 0. The molecule has 0 aromatic carbocycles. The summed E-state index contributed by atoms with van der Waals surface area (Å²) in [6, 6.07) is 0. The lowest BCUT2D eigenvalue weighted by Gasteiger charge is -2.24. The second-order valence-electron chi connectivity index (χ2n) is 4.11. The van der Waals surface area contributed by atoms with Crippen LogP contribution in [-0.4, -0.2) is 0 Å². The first-order valence-corrected chi connectivity index (χ1v) is 4.60. The van der Waals surface area contributed by atoms with Crippen molar-refractivity contribution in [1.29, 1.82) is 0 Å². The Labute approximate surface area is 75.7 Å². The molecule has 0 aromatic rings. The SMILES string of the molecule is C=CC1(C)C=CC(C(C)C)=CC1. The zero-order valence-electron chi connectivity index (χ0n) is 8.30. The van der Waals surface area contributed by atoms with Crippen molar-refractivity contribution in [3.63, 3.8) is 0 Å². The van der Waals surface area contributed by atoms with Gasteiger partial charge in [-0.15, -0.1) is 6.58 Å². The molecular formula is C12H18. The number of rotatable bonds is 2. The molecule has 0 heteroatoms. The molecule has 0 saturated carbocycles. The standard InChI is InChI=1S/C12H18/c1-5-12(4)8-6-11(7-9-12)10(2)3/h5-8,10H,1,9H2,2-4H3. The largest absolute Gasteiger partial charge is 0.102 e. The quantitative estimate of drug-likeness (QED) is 0.543. The summed E-state index contributed by atoms with van der Waals surface area (Å²) >= 11 is 0. The average molecular weight is 162 g/mol. The Morgan fingerprint density at radius 1 is 1.58 bits per heavy atom. The third kappa shape index (κ3) is 1.88. The third-order valence-electron chi connectivity index (χ3n) is 2.57. The predicted molar refractivity (Wildman–Crippen MR) is 55.0 cm³/mol. The van der Waals surface area contributed by atoms with Crippen LogP contribution in [0.4, 0.5) is 0 Å². The summed E-state index contributed by atoms with van der Waals surface area (Å²) in [6.07, 6.45) is 9.94. The molecule has 0 bridgehead atoms. The van der Waals surface area contributed by atoms with Gasteiger partial charge in [0.05, 0.1) is 0 Å². The van der Waals surface area contributed by atoms with Crippen LogP contribution in [0.15, 0.2) is 36.5 Å². The van der Waals surface area contributed by atoms with Crippen molar-refractivity contribution in [2.45, 2.75) is 27.2 Å². The minimum absolute atomic E-state index is 0.193. The molecule has 0 nitrogen and oxygen atoms in total. The molecule has 0 amide bonds. The van der Waals surface area contributed by atoms with Gasteiger partial charge in [0.1, 0.15) is 0 Å². The van der Waals surface area contributed by atoms with Crippen LogP contribution in [-0.2, 0) is 0 Å². The average Bonchev–Trinajstić information content (AvgIpc) is 2.05. The Hall–Kier alpha value is -0.780. The second-order valence-corrected chi connectivity index (χ2v) is 4.11. The van der Waals surface area contributed by atoms with E-state index in [9.17, 15) is 0 Å². The monoisotopic (exact) mass is 162 g/mol. The Balaban J connectivity index is 2.73. The number of hydrogen-bond acceptors (Lipinski definition) is 0. The number of allylic oxidation sites excluding steroid dienone is 5. The normalized spacial score (nSPS) is 28.8. The lowest BCUT2D eigenvalue weighted by molar-refractivity contribution is 0.548. The van der Waals surface area contributed by atoms with Crippen molar-refractivity contribution in [1.82, 2.24) is 0 Å². The first-order valence-electron chi connectivity index (χ1n) is 4.60. The highest BCUT2D eigenvalue weighted by Gasteiger charge is 2.18. The molecule has 0 saturated heterocycles. The highest BCUT2D eigenvalue weighted by molar-refractivity contribution is 5.29. The van der Waals surface area contributed by atoms with Crippen LogP contribution >= 0.6 is 0 Å². The summed E-state index contributed by atoms with van der Waals surface area (Å²) < 4.78 is 0. The Morgan fingerprint density at radius 2 is 2.25 bits per heavy atom. The molecule has 0 N–H and O–H groups in total. The van der Waals surface area contributed by atoms with Gasteiger partial charge < -0.3 is 0 Å². The highest BCUT2D eigenvalue weighted by Crippen LogP contribution is 2.31. The molecule has 0 aliphatic heterocycles. The summed E-state index contributed by atoms with van der Waals surface area (Å²) in [4.78, 5) is 0. The van der Waals surface area contributed by atoms with E-state index in [1.807, 2.05) is 6.08 Å². The van der Waals surface area contributed by atoms with Crippen LogP contribution in [0, 0.1) is 11.3 Å². The maximum atomic E-state index is 3.85. The molecule has 0 spiro atoms. The van der Waals surface area contributed by atoms with Crippen molar-refractivity contribution in [3.8, 4) is 0 Å². The summed E-state index contributed by atoms with van der Waals surface area (Å²) in [5, 5.41) is 0. The molecule has 1 rings (SSSR count). The lowest BCUT2D eigenvalue weighted by Crippen LogP contribution is -2.11. The molecule has 1 atom stereocenters. The molecule has 1 aliphatic rings. The van der Waals surface area contributed by atoms with E-state index in [0.717, 1.165) is 6.42 Å². The molecule has 0 radical (unpaired) electrons. The van der Waals surface area contributed by atoms with Gasteiger partial charge in [0.2, 0.25) is 0 Å². The van der Waals surface area contributed by atoms with Crippen molar-refractivity contribution in [2.24, 2.45) is 11.3 Å². The maximum Gasteiger partial charge on any atom is 0.00679 e. The third-order valence-corrected chi connectivity index (χ3v) is 2.57. The van der Waals surface area contributed by atoms with E-state index >= 15 is 0 Å². The summed E-state index contributed by atoms with van der Waals surface area (Å²) in [5.41, 5.74) is 1.65. The van der Waals surface area contributed by atoms with E-state index < -0.39 is 0 Å². The van der Waals surface area contributed by atoms with Gasteiger partial charge in [0, 0.05) is 5.41 Å². The summed E-state index contributed by atoms with van der Waals surface area (Å²) in [5.74, 6) is 0.649. The summed E-state index contributed by atoms with van der Waals surface area (Å²) in [7, 11) is 0. The fourth-order valence-corrected chi connectivity index (χ4v) is 1.34. The van der Waals surface area contributed by atoms with Gasteiger partial charge in [-0.05, 0) is 17.9 Å². The fraction of sp³-hybridized carbons (Fsp3) is 0.500. The van der Waals surface area contributed by atoms with Crippen molar-refractivity contribution < 1.29 is 0 Å². The maximum absolute atomic E-state index is 3.85. The molecule has 1 aliphatic carbocycles. The molecule has 66 valence electrons. The topological polar surface area (TPSA) is 0 Å². The molecular weight excluding hydrogens is 144 g/mol. The first kappa shape index (κ1) is 9.31. The van der Waals surface area contributed by atoms with Crippen LogP contribution in [0.5, 0.6) is 0 Å². The van der Waals surface area contributed by atoms with E-state index in [4.69, 9.17) is 0 Å². The van der Waals surface area contributed by atoms with Gasteiger partial charge in [0.25, 0.3) is 0 Å². The van der Waals surface area contributed by atoms with Crippen molar-refractivity contribution in [2.75, 3.05) is 0 Å². The molecule has 0 aromatic heterocycles. The van der Waals surface area contributed by atoms with Gasteiger partial charge in [0.15, 0.2) is 0 Å². The first-order chi connectivity index (χ1) is 5.57. The van der Waals surface area contributed by atoms with Gasteiger partial charge >= 0.3 is 0 Å². The van der Waals surface area contributed by atoms with E-state index in [1.165, 1.54) is 5.57 Å². The second kappa shape index (κ2) is 3.30. The van der Waals surface area contributed by atoms with E-state index in [1.54, 1.807) is 0 Å². The minimum Gasteiger partial charge on any atom is -0.102 e. The fourth-order valence-electron chi connectivity index (χ4n) is 1.34. The van der Waals surface area contributed by atoms with Crippen LogP contribution in [0.3, 0.4) is 0 Å². The zero-order valence-corrected chi connectivity index (χ0v) is 8.30. The van der Waals surface area contributed by atoms with Gasteiger partial charge in [-0.3, -0.25) is 0 Å². The zero-order chi connectivity index (χ0) is 9.19. The van der Waals surface area contributed by atoms with Gasteiger partial charge in [-0.2, -0.15) is 0 Å². The van der Waals surface area contributed by atoms with Gasteiger partial charge in [-0.1, -0.05) is 45.1 Å². The molecule has 12 heavy (non-hydrogen) atoms. The Bertz CT molecular complexity index is 230. The summed E-state index contributed by atoms with van der Waals surface area (Å²) in [6.45, 7) is 10.5. The van der Waals surface area contributed by atoms with Crippen LogP contribution in [0.2, 0.25) is 0 Å². The van der Waals surface area contributed by atoms with E-state index in [-0.39, 0.29) is 5.41 Å². The predicted octanol–water partition coefficient (Wildman–Crippen LogP) is 3.72. The highest BCUT2D eigenvalue weighted by atomic mass is 14.2. The van der Waals surface area contributed by atoms with E-state index in [0.29, 0.717) is 5.92 Å². The van der Waals surface area contributed by atoms with Crippen LogP contribution in [0.1, 0.15) is 27.2 Å². The molecule has 0 fully saturated rings. The Morgan fingerprint density at radius 3 is 2.58 bits per heavy atom.